The monoisotopic (exact) mass is 260 g/mol. The number of hydrogen-bond donors (Lipinski definition) is 1. The predicted molar refractivity (Wildman–Crippen MR) is 69.4 cm³/mol. The van der Waals surface area contributed by atoms with Gasteiger partial charge in [-0.1, -0.05) is 0 Å². The van der Waals surface area contributed by atoms with Crippen molar-refractivity contribution in [1.29, 1.82) is 0 Å². The van der Waals surface area contributed by atoms with Gasteiger partial charge in [0.15, 0.2) is 0 Å². The third-order valence-electron chi connectivity index (χ3n) is 3.61. The highest BCUT2D eigenvalue weighted by molar-refractivity contribution is 5.90. The number of fused-ring (bicyclic) bond motifs is 3. The molecule has 5 heteroatoms. The van der Waals surface area contributed by atoms with E-state index in [1.165, 1.54) is 5.56 Å². The maximum Gasteiger partial charge on any atom is 0.372 e. The Morgan fingerprint density at radius 3 is 2.84 bits per heavy atom. The average Bonchev–Trinajstić information content (AvgIpc) is 2.89. The van der Waals surface area contributed by atoms with Gasteiger partial charge in [-0.3, -0.25) is 4.68 Å². The molecule has 0 spiro atoms. The van der Waals surface area contributed by atoms with Crippen LogP contribution in [-0.2, 0) is 12.8 Å². The zero-order valence-electron chi connectivity index (χ0n) is 11.2. The molecular formula is C14H16N2O3. The molecule has 0 radical (unpaired) electrons. The quantitative estimate of drug-likeness (QED) is 0.901. The molecule has 0 bridgehead atoms. The first kappa shape index (κ1) is 12.0. The van der Waals surface area contributed by atoms with Gasteiger partial charge in [-0.2, -0.15) is 5.10 Å². The van der Waals surface area contributed by atoms with Crippen molar-refractivity contribution in [3.05, 3.63) is 28.8 Å². The molecule has 5 nitrogen and oxygen atoms in total. The number of hydrogen-bond acceptors (Lipinski definition) is 3. The van der Waals surface area contributed by atoms with Gasteiger partial charge < -0.3 is 9.52 Å². The third-order valence-corrected chi connectivity index (χ3v) is 3.61. The number of furan rings is 1. The number of nitrogens with zero attached hydrogens (tertiary/aromatic N) is 2. The van der Waals surface area contributed by atoms with Crippen LogP contribution in [0.1, 0.15) is 47.3 Å². The summed E-state index contributed by atoms with van der Waals surface area (Å²) in [6.07, 6.45) is 3.64. The number of aromatic carboxylic acids is 1. The summed E-state index contributed by atoms with van der Waals surface area (Å²) in [4.78, 5) is 11.1. The highest BCUT2D eigenvalue weighted by Crippen LogP contribution is 2.38. The minimum absolute atomic E-state index is 0.0388. The maximum absolute atomic E-state index is 11.1. The van der Waals surface area contributed by atoms with E-state index in [0.29, 0.717) is 11.6 Å². The lowest BCUT2D eigenvalue weighted by atomic mass is 9.94. The lowest BCUT2D eigenvalue weighted by Gasteiger charge is -2.09. The number of rotatable bonds is 2. The third kappa shape index (κ3) is 1.69. The number of carbonyl (C=O) groups is 1. The SMILES string of the molecule is Cc1c(C(=O)O)oc2c1-c1nn(C(C)C)cc1CC2. The van der Waals surface area contributed by atoms with Crippen LogP contribution in [0.4, 0.5) is 0 Å². The molecule has 19 heavy (non-hydrogen) atoms. The Bertz CT molecular complexity index is 665. The zero-order valence-corrected chi connectivity index (χ0v) is 11.2. The number of carboxylic acid groups (broad SMARTS) is 1. The summed E-state index contributed by atoms with van der Waals surface area (Å²) in [6.45, 7) is 5.93. The summed E-state index contributed by atoms with van der Waals surface area (Å²) >= 11 is 0. The molecule has 0 aliphatic heterocycles. The number of carboxylic acids is 1. The van der Waals surface area contributed by atoms with Gasteiger partial charge >= 0.3 is 5.97 Å². The Labute approximate surface area is 110 Å². The maximum atomic E-state index is 11.1. The molecule has 3 rings (SSSR count). The van der Waals surface area contributed by atoms with Crippen LogP contribution in [0.15, 0.2) is 10.6 Å². The Hall–Kier alpha value is -2.04. The molecule has 2 aromatic heterocycles. The van der Waals surface area contributed by atoms with Crippen molar-refractivity contribution in [3.8, 4) is 11.3 Å². The molecule has 0 fully saturated rings. The second-order valence-electron chi connectivity index (χ2n) is 5.24. The van der Waals surface area contributed by atoms with E-state index in [4.69, 9.17) is 9.52 Å². The van der Waals surface area contributed by atoms with Crippen molar-refractivity contribution >= 4 is 5.97 Å². The first-order valence-electron chi connectivity index (χ1n) is 6.43. The van der Waals surface area contributed by atoms with Crippen LogP contribution in [0, 0.1) is 6.92 Å². The zero-order chi connectivity index (χ0) is 13.7. The molecular weight excluding hydrogens is 244 g/mol. The van der Waals surface area contributed by atoms with Gasteiger partial charge in [-0.05, 0) is 32.8 Å². The minimum Gasteiger partial charge on any atom is -0.475 e. The molecule has 1 aliphatic carbocycles. The standard InChI is InChI=1S/C14H16N2O3/c1-7(2)16-6-9-4-5-10-11(12(9)15-16)8(3)13(19-10)14(17)18/h6-7H,4-5H2,1-3H3,(H,17,18). The molecule has 100 valence electrons. The van der Waals surface area contributed by atoms with E-state index in [9.17, 15) is 4.79 Å². The molecule has 1 aliphatic rings. The van der Waals surface area contributed by atoms with Crippen LogP contribution < -0.4 is 0 Å². The van der Waals surface area contributed by atoms with Crippen molar-refractivity contribution in [2.45, 2.75) is 39.7 Å². The number of aromatic nitrogens is 2. The summed E-state index contributed by atoms with van der Waals surface area (Å²) in [6, 6.07) is 0.292. The largest absolute Gasteiger partial charge is 0.475 e. The normalized spacial score (nSPS) is 13.5. The van der Waals surface area contributed by atoms with Gasteiger partial charge in [0.05, 0.1) is 5.69 Å². The lowest BCUT2D eigenvalue weighted by Crippen LogP contribution is -2.02. The van der Waals surface area contributed by atoms with Crippen LogP contribution in [0.2, 0.25) is 0 Å². The van der Waals surface area contributed by atoms with E-state index in [1.54, 1.807) is 6.92 Å². The van der Waals surface area contributed by atoms with Gasteiger partial charge in [0, 0.05) is 29.8 Å². The van der Waals surface area contributed by atoms with Crippen LogP contribution in [0.3, 0.4) is 0 Å². The van der Waals surface area contributed by atoms with E-state index < -0.39 is 5.97 Å². The highest BCUT2D eigenvalue weighted by atomic mass is 16.4. The topological polar surface area (TPSA) is 68.3 Å². The molecule has 0 aromatic carbocycles. The smallest absolute Gasteiger partial charge is 0.372 e. The molecule has 2 aromatic rings. The molecule has 0 amide bonds. The van der Waals surface area contributed by atoms with Crippen LogP contribution in [0.25, 0.3) is 11.3 Å². The van der Waals surface area contributed by atoms with E-state index >= 15 is 0 Å². The van der Waals surface area contributed by atoms with E-state index in [1.807, 2.05) is 4.68 Å². The predicted octanol–water partition coefficient (Wildman–Crippen LogP) is 2.83. The van der Waals surface area contributed by atoms with E-state index in [-0.39, 0.29) is 5.76 Å². The fourth-order valence-corrected chi connectivity index (χ4v) is 2.60. The molecule has 0 saturated carbocycles. The molecule has 0 atom stereocenters. The van der Waals surface area contributed by atoms with Gasteiger partial charge in [0.2, 0.25) is 5.76 Å². The molecule has 0 unspecified atom stereocenters. The summed E-state index contributed by atoms with van der Waals surface area (Å²) < 4.78 is 7.40. The van der Waals surface area contributed by atoms with Crippen LogP contribution in [-0.4, -0.2) is 20.9 Å². The highest BCUT2D eigenvalue weighted by Gasteiger charge is 2.29. The summed E-state index contributed by atoms with van der Waals surface area (Å²) in [7, 11) is 0. The molecule has 2 heterocycles. The number of aryl methyl sites for hydroxylation is 2. The van der Waals surface area contributed by atoms with Gasteiger partial charge in [-0.15, -0.1) is 0 Å². The first-order valence-corrected chi connectivity index (χ1v) is 6.43. The van der Waals surface area contributed by atoms with Crippen LogP contribution >= 0.6 is 0 Å². The summed E-state index contributed by atoms with van der Waals surface area (Å²) in [5.41, 5.74) is 3.60. The van der Waals surface area contributed by atoms with Crippen molar-refractivity contribution in [1.82, 2.24) is 9.78 Å². The Morgan fingerprint density at radius 2 is 2.21 bits per heavy atom. The van der Waals surface area contributed by atoms with Crippen molar-refractivity contribution in [3.63, 3.8) is 0 Å². The molecule has 0 saturated heterocycles. The first-order chi connectivity index (χ1) is 8.99. The Balaban J connectivity index is 2.20. The summed E-state index contributed by atoms with van der Waals surface area (Å²) in [5.74, 6) is -0.231. The Kier molecular flexibility index (Phi) is 2.52. The van der Waals surface area contributed by atoms with Crippen LogP contribution in [0.5, 0.6) is 0 Å². The van der Waals surface area contributed by atoms with Gasteiger partial charge in [0.1, 0.15) is 5.76 Å². The van der Waals surface area contributed by atoms with E-state index in [0.717, 1.165) is 29.9 Å². The van der Waals surface area contributed by atoms with Gasteiger partial charge in [-0.25, -0.2) is 4.79 Å². The van der Waals surface area contributed by atoms with Crippen molar-refractivity contribution < 1.29 is 14.3 Å². The molecule has 1 N–H and O–H groups in total. The summed E-state index contributed by atoms with van der Waals surface area (Å²) in [5, 5.41) is 13.7. The second-order valence-corrected chi connectivity index (χ2v) is 5.24. The van der Waals surface area contributed by atoms with E-state index in [2.05, 4.69) is 25.1 Å². The van der Waals surface area contributed by atoms with Crippen molar-refractivity contribution in [2.24, 2.45) is 0 Å². The Morgan fingerprint density at radius 1 is 1.47 bits per heavy atom. The average molecular weight is 260 g/mol. The fraction of sp³-hybridized carbons (Fsp3) is 0.429. The lowest BCUT2D eigenvalue weighted by molar-refractivity contribution is 0.0659. The fourth-order valence-electron chi connectivity index (χ4n) is 2.60. The van der Waals surface area contributed by atoms with Crippen molar-refractivity contribution in [2.75, 3.05) is 0 Å². The second kappa shape index (κ2) is 3.98. The van der Waals surface area contributed by atoms with Gasteiger partial charge in [0.25, 0.3) is 0 Å². The minimum atomic E-state index is -1.02.